The minimum atomic E-state index is -1.23. The van der Waals surface area contributed by atoms with Crippen LogP contribution in [0.25, 0.3) is 0 Å². The zero-order valence-electron chi connectivity index (χ0n) is 10.9. The van der Waals surface area contributed by atoms with Gasteiger partial charge in [-0.05, 0) is 32.6 Å². The molecule has 0 saturated heterocycles. The van der Waals surface area contributed by atoms with E-state index in [0.717, 1.165) is 11.0 Å². The molecule has 7 heteroatoms. The molecule has 1 aromatic rings. The van der Waals surface area contributed by atoms with E-state index in [-0.39, 0.29) is 0 Å². The number of hydrogen-bond donors (Lipinski definition) is 2. The Kier molecular flexibility index (Phi) is 3.05. The van der Waals surface area contributed by atoms with Gasteiger partial charge in [-0.2, -0.15) is 0 Å². The molecule has 6 nitrogen and oxygen atoms in total. The van der Waals surface area contributed by atoms with Gasteiger partial charge in [-0.3, -0.25) is 4.79 Å². The van der Waals surface area contributed by atoms with Crippen LogP contribution in [0, 0.1) is 0 Å². The maximum Gasteiger partial charge on any atom is 0.324 e. The average molecular weight is 282 g/mol. The molecule has 2 fully saturated rings. The van der Waals surface area contributed by atoms with Crippen molar-refractivity contribution in [2.24, 2.45) is 5.73 Å². The van der Waals surface area contributed by atoms with Gasteiger partial charge in [0.2, 0.25) is 0 Å². The van der Waals surface area contributed by atoms with Gasteiger partial charge in [0.15, 0.2) is 5.16 Å². The Hall–Kier alpha value is -1.08. The summed E-state index contributed by atoms with van der Waals surface area (Å²) in [4.78, 5) is 11.0. The van der Waals surface area contributed by atoms with Crippen molar-refractivity contribution in [1.29, 1.82) is 0 Å². The second-order valence-electron chi connectivity index (χ2n) is 5.73. The highest BCUT2D eigenvalue weighted by atomic mass is 32.2. The van der Waals surface area contributed by atoms with E-state index in [2.05, 4.69) is 14.8 Å². The fourth-order valence-electron chi connectivity index (χ4n) is 1.96. The summed E-state index contributed by atoms with van der Waals surface area (Å²) in [5, 5.41) is 18.4. The minimum absolute atomic E-state index is 0.303. The molecule has 19 heavy (non-hydrogen) atoms. The van der Waals surface area contributed by atoms with Gasteiger partial charge in [0.05, 0.1) is 0 Å². The Morgan fingerprint density at radius 3 is 2.68 bits per heavy atom. The van der Waals surface area contributed by atoms with E-state index >= 15 is 0 Å². The number of aromatic nitrogens is 3. The normalized spacial score (nSPS) is 22.2. The molecule has 2 aliphatic carbocycles. The van der Waals surface area contributed by atoms with E-state index in [9.17, 15) is 4.79 Å². The van der Waals surface area contributed by atoms with E-state index in [1.807, 2.05) is 0 Å². The lowest BCUT2D eigenvalue weighted by atomic mass is 10.1. The van der Waals surface area contributed by atoms with E-state index in [1.54, 1.807) is 0 Å². The van der Waals surface area contributed by atoms with Crippen molar-refractivity contribution in [2.45, 2.75) is 55.3 Å². The summed E-state index contributed by atoms with van der Waals surface area (Å²) in [6.07, 6.45) is 4.73. The Labute approximate surface area is 115 Å². The third-order valence-corrected chi connectivity index (χ3v) is 4.82. The van der Waals surface area contributed by atoms with Gasteiger partial charge in [0.1, 0.15) is 11.4 Å². The highest BCUT2D eigenvalue weighted by molar-refractivity contribution is 7.99. The number of nitrogens with two attached hydrogens (primary N) is 1. The lowest BCUT2D eigenvalue weighted by molar-refractivity contribution is -0.141. The molecule has 2 saturated carbocycles. The maximum atomic E-state index is 11.0. The largest absolute Gasteiger partial charge is 0.480 e. The summed E-state index contributed by atoms with van der Waals surface area (Å²) < 4.78 is 2.21. The molecule has 104 valence electrons. The Bertz CT molecular complexity index is 506. The molecule has 0 spiro atoms. The standard InChI is InChI=1S/C12H18N4O2S/c1-12(13,10(17)18)6-19-11-15-14-9(7-2-3-7)16(11)8-4-5-8/h7-8H,2-6,13H2,1H3,(H,17,18). The van der Waals surface area contributed by atoms with Crippen molar-refractivity contribution >= 4 is 17.7 Å². The van der Waals surface area contributed by atoms with Gasteiger partial charge < -0.3 is 15.4 Å². The fraction of sp³-hybridized carbons (Fsp3) is 0.750. The first kappa shape index (κ1) is 12.9. The molecule has 1 aromatic heterocycles. The van der Waals surface area contributed by atoms with Gasteiger partial charge in [0, 0.05) is 17.7 Å². The quantitative estimate of drug-likeness (QED) is 0.766. The van der Waals surface area contributed by atoms with Gasteiger partial charge >= 0.3 is 5.97 Å². The topological polar surface area (TPSA) is 94.0 Å². The van der Waals surface area contributed by atoms with Crippen molar-refractivity contribution in [3.05, 3.63) is 5.82 Å². The first-order valence-corrected chi connectivity index (χ1v) is 7.57. The molecule has 0 amide bonds. The second-order valence-corrected chi connectivity index (χ2v) is 6.67. The average Bonchev–Trinajstić information content (AvgIpc) is 3.25. The Morgan fingerprint density at radius 2 is 2.16 bits per heavy atom. The van der Waals surface area contributed by atoms with Crippen LogP contribution in [-0.4, -0.2) is 37.1 Å². The summed E-state index contributed by atoms with van der Waals surface area (Å²) in [5.41, 5.74) is 4.52. The van der Waals surface area contributed by atoms with Crippen molar-refractivity contribution < 1.29 is 9.90 Å². The Morgan fingerprint density at radius 1 is 1.47 bits per heavy atom. The monoisotopic (exact) mass is 282 g/mol. The number of hydrogen-bond acceptors (Lipinski definition) is 5. The molecule has 0 radical (unpaired) electrons. The van der Waals surface area contributed by atoms with Crippen molar-refractivity contribution in [3.63, 3.8) is 0 Å². The van der Waals surface area contributed by atoms with E-state index in [1.165, 1.54) is 44.4 Å². The van der Waals surface area contributed by atoms with Gasteiger partial charge in [0.25, 0.3) is 0 Å². The van der Waals surface area contributed by atoms with Crippen LogP contribution in [0.4, 0.5) is 0 Å². The van der Waals surface area contributed by atoms with Crippen LogP contribution in [0.2, 0.25) is 0 Å². The van der Waals surface area contributed by atoms with E-state index < -0.39 is 11.5 Å². The van der Waals surface area contributed by atoms with Crippen molar-refractivity contribution in [3.8, 4) is 0 Å². The van der Waals surface area contributed by atoms with Crippen molar-refractivity contribution in [2.75, 3.05) is 5.75 Å². The zero-order valence-corrected chi connectivity index (χ0v) is 11.7. The third-order valence-electron chi connectivity index (χ3n) is 3.54. The number of rotatable bonds is 6. The number of carboxylic acid groups (broad SMARTS) is 1. The highest BCUT2D eigenvalue weighted by Crippen LogP contribution is 2.46. The first-order chi connectivity index (χ1) is 8.99. The number of aliphatic carboxylic acids is 1. The lowest BCUT2D eigenvalue weighted by Gasteiger charge is -2.18. The molecule has 1 atom stereocenters. The number of thioether (sulfide) groups is 1. The smallest absolute Gasteiger partial charge is 0.324 e. The molecular weight excluding hydrogens is 264 g/mol. The third kappa shape index (κ3) is 2.62. The lowest BCUT2D eigenvalue weighted by Crippen LogP contribution is -2.47. The molecular formula is C12H18N4O2S. The summed E-state index contributed by atoms with van der Waals surface area (Å²) >= 11 is 1.40. The van der Waals surface area contributed by atoms with Crippen LogP contribution in [0.3, 0.4) is 0 Å². The van der Waals surface area contributed by atoms with Gasteiger partial charge in [-0.1, -0.05) is 11.8 Å². The molecule has 0 aromatic carbocycles. The van der Waals surface area contributed by atoms with Crippen LogP contribution in [0.5, 0.6) is 0 Å². The molecule has 2 aliphatic rings. The molecule has 1 unspecified atom stereocenters. The van der Waals surface area contributed by atoms with E-state index in [0.29, 0.717) is 17.7 Å². The molecule has 1 heterocycles. The van der Waals surface area contributed by atoms with Crippen LogP contribution in [-0.2, 0) is 4.79 Å². The molecule has 3 N–H and O–H groups in total. The van der Waals surface area contributed by atoms with Crippen LogP contribution in [0.15, 0.2) is 5.16 Å². The number of carboxylic acids is 1. The predicted octanol–water partition coefficient (Wildman–Crippen LogP) is 1.38. The zero-order chi connectivity index (χ0) is 13.6. The SMILES string of the molecule is CC(N)(CSc1nnc(C2CC2)n1C1CC1)C(=O)O. The van der Waals surface area contributed by atoms with E-state index in [4.69, 9.17) is 10.8 Å². The van der Waals surface area contributed by atoms with Crippen LogP contribution in [0.1, 0.15) is 50.4 Å². The van der Waals surface area contributed by atoms with Crippen molar-refractivity contribution in [1.82, 2.24) is 14.8 Å². The first-order valence-electron chi connectivity index (χ1n) is 6.59. The predicted molar refractivity (Wildman–Crippen MR) is 71.2 cm³/mol. The minimum Gasteiger partial charge on any atom is -0.480 e. The van der Waals surface area contributed by atoms with Crippen LogP contribution < -0.4 is 5.73 Å². The second kappa shape index (κ2) is 4.49. The maximum absolute atomic E-state index is 11.0. The summed E-state index contributed by atoms with van der Waals surface area (Å²) in [5.74, 6) is 0.961. The summed E-state index contributed by atoms with van der Waals surface area (Å²) in [6.45, 7) is 1.53. The Balaban J connectivity index is 1.76. The highest BCUT2D eigenvalue weighted by Gasteiger charge is 2.37. The molecule has 3 rings (SSSR count). The summed E-state index contributed by atoms with van der Waals surface area (Å²) in [7, 11) is 0. The number of carbonyl (C=O) groups is 1. The van der Waals surface area contributed by atoms with Gasteiger partial charge in [-0.25, -0.2) is 0 Å². The fourth-order valence-corrected chi connectivity index (χ4v) is 2.99. The summed E-state index contributed by atoms with van der Waals surface area (Å²) in [6, 6.07) is 0.516. The molecule has 0 aliphatic heterocycles. The van der Waals surface area contributed by atoms with Gasteiger partial charge in [-0.15, -0.1) is 10.2 Å². The number of nitrogens with zero attached hydrogens (tertiary/aromatic N) is 3. The molecule has 0 bridgehead atoms. The van der Waals surface area contributed by atoms with Crippen LogP contribution >= 0.6 is 11.8 Å².